The van der Waals surface area contributed by atoms with E-state index in [1.807, 2.05) is 12.1 Å². The number of amides is 1. The van der Waals surface area contributed by atoms with E-state index in [9.17, 15) is 4.79 Å². The van der Waals surface area contributed by atoms with Crippen LogP contribution in [0.15, 0.2) is 42.5 Å². The highest BCUT2D eigenvalue weighted by molar-refractivity contribution is 7.99. The zero-order valence-electron chi connectivity index (χ0n) is 13.5. The molecule has 0 spiro atoms. The van der Waals surface area contributed by atoms with Crippen LogP contribution in [0.1, 0.15) is 27.8 Å². The van der Waals surface area contributed by atoms with E-state index in [0.717, 1.165) is 11.3 Å². The summed E-state index contributed by atoms with van der Waals surface area (Å²) in [5.74, 6) is 1.47. The van der Waals surface area contributed by atoms with E-state index in [1.165, 1.54) is 22.3 Å². The van der Waals surface area contributed by atoms with Crippen molar-refractivity contribution in [3.05, 3.63) is 70.3 Å². The lowest BCUT2D eigenvalue weighted by Crippen LogP contribution is -2.24. The first-order valence-electron chi connectivity index (χ1n) is 7.50. The Hall–Kier alpha value is -1.74. The van der Waals surface area contributed by atoms with Crippen LogP contribution in [0.2, 0.25) is 0 Å². The molecular formula is C19H23NOS. The van der Waals surface area contributed by atoms with Crippen LogP contribution in [0.25, 0.3) is 0 Å². The average molecular weight is 313 g/mol. The van der Waals surface area contributed by atoms with Crippen molar-refractivity contribution in [2.75, 3.05) is 5.75 Å². The molecule has 0 aliphatic rings. The molecule has 0 fully saturated rings. The molecule has 3 heteroatoms. The Labute approximate surface area is 137 Å². The van der Waals surface area contributed by atoms with Crippen LogP contribution in [-0.2, 0) is 17.1 Å². The number of carbonyl (C=O) groups excluding carboxylic acids is 1. The van der Waals surface area contributed by atoms with Gasteiger partial charge in [-0.15, -0.1) is 11.8 Å². The fourth-order valence-electron chi connectivity index (χ4n) is 2.49. The molecule has 0 unspecified atom stereocenters. The Balaban J connectivity index is 1.73. The summed E-state index contributed by atoms with van der Waals surface area (Å²) in [6, 6.07) is 14.8. The molecular weight excluding hydrogens is 290 g/mol. The van der Waals surface area contributed by atoms with Crippen molar-refractivity contribution < 1.29 is 4.79 Å². The third kappa shape index (κ3) is 5.57. The lowest BCUT2D eigenvalue weighted by Gasteiger charge is -2.07. The number of thioether (sulfide) groups is 1. The van der Waals surface area contributed by atoms with Gasteiger partial charge in [0.1, 0.15) is 0 Å². The second-order valence-electron chi connectivity index (χ2n) is 5.75. The summed E-state index contributed by atoms with van der Waals surface area (Å²) in [6.45, 7) is 6.88. The van der Waals surface area contributed by atoms with E-state index in [0.29, 0.717) is 12.3 Å². The van der Waals surface area contributed by atoms with E-state index in [1.54, 1.807) is 11.8 Å². The first kappa shape index (κ1) is 16.6. The minimum atomic E-state index is 0.0934. The molecule has 2 rings (SSSR count). The lowest BCUT2D eigenvalue weighted by atomic mass is 10.1. The van der Waals surface area contributed by atoms with Gasteiger partial charge < -0.3 is 5.32 Å². The van der Waals surface area contributed by atoms with Crippen LogP contribution in [0.3, 0.4) is 0 Å². The van der Waals surface area contributed by atoms with Gasteiger partial charge in [-0.25, -0.2) is 0 Å². The average Bonchev–Trinajstić information content (AvgIpc) is 2.44. The predicted octanol–water partition coefficient (Wildman–Crippen LogP) is 4.16. The van der Waals surface area contributed by atoms with Gasteiger partial charge in [-0.3, -0.25) is 4.79 Å². The summed E-state index contributed by atoms with van der Waals surface area (Å²) >= 11 is 1.66. The lowest BCUT2D eigenvalue weighted by molar-refractivity contribution is -0.118. The van der Waals surface area contributed by atoms with E-state index >= 15 is 0 Å². The summed E-state index contributed by atoms with van der Waals surface area (Å²) in [5, 5.41) is 2.98. The second-order valence-corrected chi connectivity index (χ2v) is 6.74. The van der Waals surface area contributed by atoms with Crippen molar-refractivity contribution >= 4 is 17.7 Å². The topological polar surface area (TPSA) is 29.1 Å². The molecule has 2 aromatic carbocycles. The maximum absolute atomic E-state index is 11.9. The zero-order chi connectivity index (χ0) is 15.9. The maximum atomic E-state index is 11.9. The van der Waals surface area contributed by atoms with Crippen LogP contribution < -0.4 is 5.32 Å². The number of aryl methyl sites for hydroxylation is 3. The highest BCUT2D eigenvalue weighted by atomic mass is 32.2. The monoisotopic (exact) mass is 313 g/mol. The molecule has 0 heterocycles. The number of nitrogens with one attached hydrogen (secondary N) is 1. The van der Waals surface area contributed by atoms with Gasteiger partial charge in [0.05, 0.1) is 5.75 Å². The van der Waals surface area contributed by atoms with E-state index in [2.05, 4.69) is 56.4 Å². The van der Waals surface area contributed by atoms with Crippen LogP contribution in [-0.4, -0.2) is 11.7 Å². The van der Waals surface area contributed by atoms with E-state index in [-0.39, 0.29) is 5.91 Å². The maximum Gasteiger partial charge on any atom is 0.230 e. The fourth-order valence-corrected chi connectivity index (χ4v) is 3.28. The van der Waals surface area contributed by atoms with Crippen LogP contribution >= 0.6 is 11.8 Å². The van der Waals surface area contributed by atoms with Gasteiger partial charge >= 0.3 is 0 Å². The van der Waals surface area contributed by atoms with Crippen molar-refractivity contribution in [2.45, 2.75) is 33.1 Å². The smallest absolute Gasteiger partial charge is 0.230 e. The molecule has 0 bridgehead atoms. The number of rotatable bonds is 6. The number of hydrogen-bond donors (Lipinski definition) is 1. The van der Waals surface area contributed by atoms with Crippen molar-refractivity contribution in [3.8, 4) is 0 Å². The molecule has 2 nitrogen and oxygen atoms in total. The molecule has 2 aromatic rings. The molecule has 0 saturated carbocycles. The van der Waals surface area contributed by atoms with Gasteiger partial charge in [-0.2, -0.15) is 0 Å². The Morgan fingerprint density at radius 1 is 0.955 bits per heavy atom. The molecule has 116 valence electrons. The summed E-state index contributed by atoms with van der Waals surface area (Å²) in [7, 11) is 0. The van der Waals surface area contributed by atoms with Crippen LogP contribution in [0.4, 0.5) is 0 Å². The van der Waals surface area contributed by atoms with Crippen LogP contribution in [0, 0.1) is 20.8 Å². The molecule has 22 heavy (non-hydrogen) atoms. The molecule has 1 amide bonds. The van der Waals surface area contributed by atoms with Gasteiger partial charge in [0, 0.05) is 12.3 Å². The highest BCUT2D eigenvalue weighted by Gasteiger charge is 2.03. The molecule has 0 aromatic heterocycles. The molecule has 0 radical (unpaired) electrons. The van der Waals surface area contributed by atoms with Gasteiger partial charge in [0.2, 0.25) is 5.91 Å². The third-order valence-corrected chi connectivity index (χ3v) is 4.36. The molecule has 0 atom stereocenters. The Bertz CT molecular complexity index is 631. The van der Waals surface area contributed by atoms with Gasteiger partial charge in [-0.05, 0) is 31.9 Å². The van der Waals surface area contributed by atoms with Crippen molar-refractivity contribution in [1.29, 1.82) is 0 Å². The largest absolute Gasteiger partial charge is 0.351 e. The second kappa shape index (κ2) is 8.04. The first-order valence-corrected chi connectivity index (χ1v) is 8.65. The van der Waals surface area contributed by atoms with Gasteiger partial charge in [0.15, 0.2) is 0 Å². The summed E-state index contributed by atoms with van der Waals surface area (Å²) in [4.78, 5) is 11.9. The third-order valence-electron chi connectivity index (χ3n) is 3.36. The normalized spacial score (nSPS) is 10.5. The summed E-state index contributed by atoms with van der Waals surface area (Å²) in [6.07, 6.45) is 0. The summed E-state index contributed by atoms with van der Waals surface area (Å²) in [5.41, 5.74) is 6.21. The fraction of sp³-hybridized carbons (Fsp3) is 0.316. The molecule has 0 aliphatic heterocycles. The molecule has 0 saturated heterocycles. The SMILES string of the molecule is Cc1cccc(CNC(=O)CSCc2cc(C)cc(C)c2)c1. The number of hydrogen-bond acceptors (Lipinski definition) is 2. The Morgan fingerprint density at radius 2 is 1.64 bits per heavy atom. The molecule has 1 N–H and O–H groups in total. The predicted molar refractivity (Wildman–Crippen MR) is 95.1 cm³/mol. The van der Waals surface area contributed by atoms with Crippen molar-refractivity contribution in [2.24, 2.45) is 0 Å². The Kier molecular flexibility index (Phi) is 6.08. The van der Waals surface area contributed by atoms with Crippen molar-refractivity contribution in [1.82, 2.24) is 5.32 Å². The number of benzene rings is 2. The van der Waals surface area contributed by atoms with Crippen molar-refractivity contribution in [3.63, 3.8) is 0 Å². The van der Waals surface area contributed by atoms with E-state index in [4.69, 9.17) is 0 Å². The number of carbonyl (C=O) groups is 1. The highest BCUT2D eigenvalue weighted by Crippen LogP contribution is 2.15. The minimum Gasteiger partial charge on any atom is -0.351 e. The van der Waals surface area contributed by atoms with Gasteiger partial charge in [0.25, 0.3) is 0 Å². The quantitative estimate of drug-likeness (QED) is 0.867. The van der Waals surface area contributed by atoms with Crippen LogP contribution in [0.5, 0.6) is 0 Å². The summed E-state index contributed by atoms with van der Waals surface area (Å²) < 4.78 is 0. The Morgan fingerprint density at radius 3 is 2.32 bits per heavy atom. The standard InChI is InChI=1S/C19H23NOS/c1-14-5-4-6-17(8-14)11-20-19(21)13-22-12-18-9-15(2)7-16(3)10-18/h4-10H,11-13H2,1-3H3,(H,20,21). The molecule has 0 aliphatic carbocycles. The zero-order valence-corrected chi connectivity index (χ0v) is 14.3. The van der Waals surface area contributed by atoms with Gasteiger partial charge in [-0.1, -0.05) is 59.2 Å². The van der Waals surface area contributed by atoms with E-state index < -0.39 is 0 Å². The minimum absolute atomic E-state index is 0.0934. The first-order chi connectivity index (χ1) is 10.5.